The van der Waals surface area contributed by atoms with Gasteiger partial charge in [0.2, 0.25) is 0 Å². The molecule has 0 fully saturated rings. The van der Waals surface area contributed by atoms with Gasteiger partial charge in [-0.3, -0.25) is 0 Å². The van der Waals surface area contributed by atoms with Crippen molar-refractivity contribution in [3.63, 3.8) is 0 Å². The van der Waals surface area contributed by atoms with Crippen LogP contribution >= 0.6 is 11.8 Å². The zero-order chi connectivity index (χ0) is 11.9. The van der Waals surface area contributed by atoms with Crippen LogP contribution in [0.1, 0.15) is 47.5 Å². The Balaban J connectivity index is 4.05. The van der Waals surface area contributed by atoms with Crippen molar-refractivity contribution in [2.24, 2.45) is 0 Å². The van der Waals surface area contributed by atoms with Crippen LogP contribution in [-0.2, 0) is 0 Å². The van der Waals surface area contributed by atoms with Gasteiger partial charge < -0.3 is 10.4 Å². The van der Waals surface area contributed by atoms with Crippen LogP contribution in [-0.4, -0.2) is 34.3 Å². The largest absolute Gasteiger partial charge is 0.394 e. The molecule has 0 heterocycles. The summed E-state index contributed by atoms with van der Waals surface area (Å²) in [6, 6.07) is 0. The lowest BCUT2D eigenvalue weighted by Crippen LogP contribution is -2.47. The Labute approximate surface area is 99.2 Å². The minimum atomic E-state index is -0.116. The predicted molar refractivity (Wildman–Crippen MR) is 70.6 cm³/mol. The molecule has 0 aliphatic carbocycles. The second kappa shape index (κ2) is 7.53. The molecule has 0 aliphatic rings. The van der Waals surface area contributed by atoms with Gasteiger partial charge in [0, 0.05) is 16.0 Å². The molecule has 2 nitrogen and oxygen atoms in total. The van der Waals surface area contributed by atoms with Crippen molar-refractivity contribution in [3.05, 3.63) is 0 Å². The smallest absolute Gasteiger partial charge is 0.0611 e. The Bertz CT molecular complexity index is 166. The fraction of sp³-hybridized carbons (Fsp3) is 1.00. The number of aliphatic hydroxyl groups is 1. The van der Waals surface area contributed by atoms with E-state index < -0.39 is 0 Å². The summed E-state index contributed by atoms with van der Waals surface area (Å²) in [4.78, 5) is 0. The van der Waals surface area contributed by atoms with Crippen molar-refractivity contribution < 1.29 is 5.11 Å². The molecular weight excluding hydrogens is 206 g/mol. The lowest BCUT2D eigenvalue weighted by atomic mass is 9.97. The highest BCUT2D eigenvalue weighted by atomic mass is 32.2. The number of hydrogen-bond donors (Lipinski definition) is 2. The number of aliphatic hydroxyl groups excluding tert-OH is 1. The van der Waals surface area contributed by atoms with Gasteiger partial charge in [-0.25, -0.2) is 0 Å². The van der Waals surface area contributed by atoms with Gasteiger partial charge in [-0.1, -0.05) is 27.7 Å². The van der Waals surface area contributed by atoms with Crippen LogP contribution in [0.5, 0.6) is 0 Å². The summed E-state index contributed by atoms with van der Waals surface area (Å²) in [6.45, 7) is 12.1. The molecule has 3 unspecified atom stereocenters. The van der Waals surface area contributed by atoms with E-state index in [0.717, 1.165) is 13.0 Å². The first-order chi connectivity index (χ1) is 6.97. The fourth-order valence-electron chi connectivity index (χ4n) is 1.79. The van der Waals surface area contributed by atoms with E-state index in [9.17, 15) is 5.11 Å². The first-order valence-electron chi connectivity index (χ1n) is 5.98. The number of likely N-dealkylation sites (N-methyl/N-ethyl adjacent to an activating group) is 1. The van der Waals surface area contributed by atoms with Gasteiger partial charge in [0.1, 0.15) is 0 Å². The standard InChI is InChI=1S/C12H27NOS/c1-6-10(3)15-11(4)8-12(5,9-14)13-7-2/h10-11,13-14H,6-9H2,1-5H3. The Morgan fingerprint density at radius 3 is 2.27 bits per heavy atom. The monoisotopic (exact) mass is 233 g/mol. The Hall–Kier alpha value is 0.270. The normalized spacial score (nSPS) is 19.6. The van der Waals surface area contributed by atoms with Gasteiger partial charge in [0.15, 0.2) is 0 Å². The van der Waals surface area contributed by atoms with Gasteiger partial charge in [-0.15, -0.1) is 0 Å². The molecule has 2 N–H and O–H groups in total. The third kappa shape index (κ3) is 6.44. The summed E-state index contributed by atoms with van der Waals surface area (Å²) in [5, 5.41) is 14.1. The summed E-state index contributed by atoms with van der Waals surface area (Å²) in [5.74, 6) is 0. The second-order valence-electron chi connectivity index (χ2n) is 4.62. The lowest BCUT2D eigenvalue weighted by molar-refractivity contribution is 0.168. The van der Waals surface area contributed by atoms with Gasteiger partial charge in [0.25, 0.3) is 0 Å². The van der Waals surface area contributed by atoms with E-state index in [2.05, 4.69) is 39.9 Å². The summed E-state index contributed by atoms with van der Waals surface area (Å²) in [7, 11) is 0. The fourth-order valence-corrected chi connectivity index (χ4v) is 3.24. The quantitative estimate of drug-likeness (QED) is 0.676. The average molecular weight is 233 g/mol. The maximum atomic E-state index is 9.38. The third-order valence-electron chi connectivity index (χ3n) is 2.73. The maximum absolute atomic E-state index is 9.38. The van der Waals surface area contributed by atoms with E-state index in [1.54, 1.807) is 0 Å². The van der Waals surface area contributed by atoms with Crippen molar-refractivity contribution in [2.45, 2.75) is 63.5 Å². The molecule has 0 saturated carbocycles. The molecule has 3 atom stereocenters. The highest BCUT2D eigenvalue weighted by Crippen LogP contribution is 2.26. The topological polar surface area (TPSA) is 32.3 Å². The summed E-state index contributed by atoms with van der Waals surface area (Å²) in [6.07, 6.45) is 2.23. The van der Waals surface area contributed by atoms with E-state index >= 15 is 0 Å². The zero-order valence-electron chi connectivity index (χ0n) is 10.8. The van der Waals surface area contributed by atoms with Crippen LogP contribution < -0.4 is 5.32 Å². The molecular formula is C12H27NOS. The van der Waals surface area contributed by atoms with Gasteiger partial charge in [-0.2, -0.15) is 11.8 Å². The molecule has 0 bridgehead atoms. The predicted octanol–water partition coefficient (Wildman–Crippen LogP) is 2.66. The molecule has 0 spiro atoms. The van der Waals surface area contributed by atoms with Crippen LogP contribution in [0.4, 0.5) is 0 Å². The lowest BCUT2D eigenvalue weighted by Gasteiger charge is -2.31. The molecule has 92 valence electrons. The van der Waals surface area contributed by atoms with Crippen LogP contribution in [0.25, 0.3) is 0 Å². The minimum absolute atomic E-state index is 0.116. The molecule has 15 heavy (non-hydrogen) atoms. The highest BCUT2D eigenvalue weighted by molar-refractivity contribution is 8.00. The molecule has 0 aromatic heterocycles. The van der Waals surface area contributed by atoms with Crippen molar-refractivity contribution in [1.29, 1.82) is 0 Å². The number of rotatable bonds is 8. The first-order valence-corrected chi connectivity index (χ1v) is 6.93. The second-order valence-corrected chi connectivity index (χ2v) is 6.50. The highest BCUT2D eigenvalue weighted by Gasteiger charge is 2.25. The van der Waals surface area contributed by atoms with Gasteiger partial charge in [-0.05, 0) is 26.3 Å². The summed E-state index contributed by atoms with van der Waals surface area (Å²) in [5.41, 5.74) is -0.116. The van der Waals surface area contributed by atoms with E-state index in [0.29, 0.717) is 10.5 Å². The molecule has 0 aromatic carbocycles. The van der Waals surface area contributed by atoms with E-state index in [1.807, 2.05) is 11.8 Å². The third-order valence-corrected chi connectivity index (χ3v) is 4.16. The molecule has 0 saturated heterocycles. The van der Waals surface area contributed by atoms with Crippen LogP contribution in [0.2, 0.25) is 0 Å². The van der Waals surface area contributed by atoms with Crippen LogP contribution in [0.15, 0.2) is 0 Å². The minimum Gasteiger partial charge on any atom is -0.394 e. The summed E-state index contributed by atoms with van der Waals surface area (Å²) < 4.78 is 0. The molecule has 0 aliphatic heterocycles. The van der Waals surface area contributed by atoms with Gasteiger partial charge in [0.05, 0.1) is 6.61 Å². The molecule has 0 aromatic rings. The van der Waals surface area contributed by atoms with Crippen molar-refractivity contribution in [2.75, 3.05) is 13.2 Å². The van der Waals surface area contributed by atoms with E-state index in [4.69, 9.17) is 0 Å². The van der Waals surface area contributed by atoms with E-state index in [-0.39, 0.29) is 12.1 Å². The Kier molecular flexibility index (Phi) is 7.66. The average Bonchev–Trinajstić information content (AvgIpc) is 2.17. The molecule has 0 radical (unpaired) electrons. The Morgan fingerprint density at radius 2 is 1.87 bits per heavy atom. The molecule has 0 rings (SSSR count). The van der Waals surface area contributed by atoms with Crippen molar-refractivity contribution in [1.82, 2.24) is 5.32 Å². The molecule has 3 heteroatoms. The van der Waals surface area contributed by atoms with Crippen molar-refractivity contribution in [3.8, 4) is 0 Å². The number of thioether (sulfide) groups is 1. The first kappa shape index (κ1) is 15.3. The van der Waals surface area contributed by atoms with Crippen LogP contribution in [0, 0.1) is 0 Å². The number of hydrogen-bond acceptors (Lipinski definition) is 3. The maximum Gasteiger partial charge on any atom is 0.0611 e. The van der Waals surface area contributed by atoms with Gasteiger partial charge >= 0.3 is 0 Å². The molecule has 0 amide bonds. The van der Waals surface area contributed by atoms with Crippen LogP contribution in [0.3, 0.4) is 0 Å². The number of nitrogens with one attached hydrogen (secondary N) is 1. The SMILES string of the molecule is CCNC(C)(CO)CC(C)SC(C)CC. The zero-order valence-corrected chi connectivity index (χ0v) is 11.7. The van der Waals surface area contributed by atoms with Crippen molar-refractivity contribution >= 4 is 11.8 Å². The summed E-state index contributed by atoms with van der Waals surface area (Å²) >= 11 is 2.02. The van der Waals surface area contributed by atoms with E-state index in [1.165, 1.54) is 6.42 Å². The Morgan fingerprint density at radius 1 is 1.27 bits per heavy atom.